The van der Waals surface area contributed by atoms with Gasteiger partial charge in [-0.3, -0.25) is 9.59 Å². The molecule has 1 N–H and O–H groups in total. The van der Waals surface area contributed by atoms with Crippen molar-refractivity contribution < 1.29 is 9.59 Å². The fraction of sp³-hybridized carbons (Fsp3) is 0.235. The predicted octanol–water partition coefficient (Wildman–Crippen LogP) is 3.01. The summed E-state index contributed by atoms with van der Waals surface area (Å²) in [6.07, 6.45) is 0. The van der Waals surface area contributed by atoms with Gasteiger partial charge in [-0.2, -0.15) is 0 Å². The van der Waals surface area contributed by atoms with Gasteiger partial charge in [0.2, 0.25) is 11.8 Å². The summed E-state index contributed by atoms with van der Waals surface area (Å²) in [7, 11) is 0. The molecule has 0 saturated carbocycles. The van der Waals surface area contributed by atoms with Gasteiger partial charge in [-0.1, -0.05) is 54.2 Å². The summed E-state index contributed by atoms with van der Waals surface area (Å²) in [5.41, 5.74) is 0.986. The Bertz CT molecular complexity index is 828. The van der Waals surface area contributed by atoms with Crippen molar-refractivity contribution in [3.05, 3.63) is 48.0 Å². The smallest absolute Gasteiger partial charge is 0.241 e. The van der Waals surface area contributed by atoms with Crippen LogP contribution >= 0.6 is 11.8 Å². The van der Waals surface area contributed by atoms with Gasteiger partial charge in [-0.15, -0.1) is 5.10 Å². The van der Waals surface area contributed by atoms with Crippen LogP contribution in [-0.4, -0.2) is 22.0 Å². The lowest BCUT2D eigenvalue weighted by Gasteiger charge is -2.32. The molecule has 6 heteroatoms. The van der Waals surface area contributed by atoms with E-state index in [-0.39, 0.29) is 11.8 Å². The van der Waals surface area contributed by atoms with Crippen LogP contribution in [-0.2, 0) is 14.5 Å². The molecule has 0 radical (unpaired) electrons. The summed E-state index contributed by atoms with van der Waals surface area (Å²) in [5, 5.41) is 11.0. The summed E-state index contributed by atoms with van der Waals surface area (Å²) in [6.45, 7) is 4.85. The maximum atomic E-state index is 12.1. The monoisotopic (exact) mass is 327 g/mol. The fourth-order valence-corrected chi connectivity index (χ4v) is 4.05. The largest absolute Gasteiger partial charge is 0.304 e. The molecule has 0 aliphatic carbocycles. The summed E-state index contributed by atoms with van der Waals surface area (Å²) < 4.78 is 0. The van der Waals surface area contributed by atoms with Crippen LogP contribution in [0.4, 0.5) is 0 Å². The maximum absolute atomic E-state index is 12.1. The molecule has 118 valence electrons. The Morgan fingerprint density at radius 3 is 2.52 bits per heavy atom. The van der Waals surface area contributed by atoms with E-state index in [9.17, 15) is 9.59 Å². The van der Waals surface area contributed by atoms with E-state index >= 15 is 0 Å². The van der Waals surface area contributed by atoms with Crippen molar-refractivity contribution in [3.63, 3.8) is 0 Å². The zero-order chi connectivity index (χ0) is 16.6. The van der Waals surface area contributed by atoms with Crippen molar-refractivity contribution in [1.82, 2.24) is 10.3 Å². The van der Waals surface area contributed by atoms with Crippen molar-refractivity contribution in [3.8, 4) is 0 Å². The molecule has 3 rings (SSSR count). The van der Waals surface area contributed by atoms with E-state index in [0.29, 0.717) is 5.17 Å². The number of fused-ring (bicyclic) bond motifs is 1. The third kappa shape index (κ3) is 2.70. The Labute approximate surface area is 138 Å². The minimum Gasteiger partial charge on any atom is -0.304 e. The molecule has 2 aromatic rings. The van der Waals surface area contributed by atoms with Gasteiger partial charge in [-0.05, 0) is 23.3 Å². The molecular weight excluding hydrogens is 310 g/mol. The molecule has 1 heterocycles. The topological polar surface area (TPSA) is 61.8 Å². The SMILES string of the molecule is CC(=O)NC1=NN(C(C)=O)[C@@](C)(c2cccc3ccccc23)S1. The van der Waals surface area contributed by atoms with Crippen LogP contribution < -0.4 is 5.32 Å². The average molecular weight is 327 g/mol. The number of carbonyl (C=O) groups is 2. The highest BCUT2D eigenvalue weighted by Crippen LogP contribution is 2.47. The van der Waals surface area contributed by atoms with E-state index in [2.05, 4.69) is 10.4 Å². The first-order chi connectivity index (χ1) is 10.9. The summed E-state index contributed by atoms with van der Waals surface area (Å²) in [4.78, 5) is 22.7. The Hall–Kier alpha value is -2.34. The number of nitrogens with zero attached hydrogens (tertiary/aromatic N) is 2. The van der Waals surface area contributed by atoms with Crippen LogP contribution in [0.3, 0.4) is 0 Å². The zero-order valence-corrected chi connectivity index (χ0v) is 14.0. The lowest BCUT2D eigenvalue weighted by molar-refractivity contribution is -0.131. The van der Waals surface area contributed by atoms with Gasteiger partial charge in [0.15, 0.2) is 5.17 Å². The van der Waals surface area contributed by atoms with Gasteiger partial charge in [0, 0.05) is 13.8 Å². The minimum atomic E-state index is -0.704. The van der Waals surface area contributed by atoms with Crippen molar-refractivity contribution >= 4 is 39.5 Å². The molecule has 2 aromatic carbocycles. The van der Waals surface area contributed by atoms with E-state index in [0.717, 1.165) is 16.3 Å². The van der Waals surface area contributed by atoms with Gasteiger partial charge >= 0.3 is 0 Å². The van der Waals surface area contributed by atoms with Crippen molar-refractivity contribution in [2.45, 2.75) is 25.6 Å². The molecule has 0 saturated heterocycles. The number of amidine groups is 1. The van der Waals surface area contributed by atoms with E-state index in [1.165, 1.54) is 30.6 Å². The normalized spacial score (nSPS) is 20.5. The lowest BCUT2D eigenvalue weighted by Crippen LogP contribution is -2.37. The number of thioether (sulfide) groups is 1. The molecule has 23 heavy (non-hydrogen) atoms. The van der Waals surface area contributed by atoms with Crippen LogP contribution in [0.2, 0.25) is 0 Å². The van der Waals surface area contributed by atoms with Crippen molar-refractivity contribution in [2.75, 3.05) is 0 Å². The lowest BCUT2D eigenvalue weighted by atomic mass is 9.99. The number of carbonyl (C=O) groups excluding carboxylic acids is 2. The standard InChI is InChI=1S/C17H17N3O2S/c1-11(21)18-16-19-20(12(2)22)17(3,23-16)15-10-6-8-13-7-4-5-9-14(13)15/h4-10H,1-3H3,(H,18,19,21)/t17-/m1/s1. The van der Waals surface area contributed by atoms with E-state index in [1.807, 2.05) is 49.4 Å². The van der Waals surface area contributed by atoms with E-state index < -0.39 is 4.87 Å². The molecule has 0 aromatic heterocycles. The Kier molecular flexibility index (Phi) is 3.85. The first kappa shape index (κ1) is 15.6. The van der Waals surface area contributed by atoms with Gasteiger partial charge in [0.05, 0.1) is 0 Å². The van der Waals surface area contributed by atoms with E-state index in [1.54, 1.807) is 0 Å². The quantitative estimate of drug-likeness (QED) is 0.876. The van der Waals surface area contributed by atoms with Crippen LogP contribution in [0, 0.1) is 0 Å². The van der Waals surface area contributed by atoms with E-state index in [4.69, 9.17) is 0 Å². The molecule has 1 aliphatic heterocycles. The van der Waals surface area contributed by atoms with Gasteiger partial charge in [-0.25, -0.2) is 5.01 Å². The second-order valence-corrected chi connectivity index (χ2v) is 6.91. The Morgan fingerprint density at radius 1 is 1.13 bits per heavy atom. The van der Waals surface area contributed by atoms with Crippen molar-refractivity contribution in [2.24, 2.45) is 5.10 Å². The molecule has 0 spiro atoms. The molecule has 0 unspecified atom stereocenters. The molecule has 0 fully saturated rings. The van der Waals surface area contributed by atoms with Gasteiger partial charge in [0.25, 0.3) is 0 Å². The van der Waals surface area contributed by atoms with Crippen molar-refractivity contribution in [1.29, 1.82) is 0 Å². The summed E-state index contributed by atoms with van der Waals surface area (Å²) in [6, 6.07) is 14.0. The number of nitrogens with one attached hydrogen (secondary N) is 1. The third-order valence-corrected chi connectivity index (χ3v) is 4.93. The molecule has 5 nitrogen and oxygen atoms in total. The number of hydrogen-bond acceptors (Lipinski definition) is 4. The fourth-order valence-electron chi connectivity index (χ4n) is 2.81. The Morgan fingerprint density at radius 2 is 1.83 bits per heavy atom. The first-order valence-corrected chi connectivity index (χ1v) is 8.08. The van der Waals surface area contributed by atoms with Crippen LogP contribution in [0.5, 0.6) is 0 Å². The summed E-state index contributed by atoms with van der Waals surface area (Å²) in [5.74, 6) is -0.379. The average Bonchev–Trinajstić information content (AvgIpc) is 2.83. The number of amides is 2. The summed E-state index contributed by atoms with van der Waals surface area (Å²) >= 11 is 1.37. The number of rotatable bonds is 1. The molecule has 1 atom stereocenters. The highest BCUT2D eigenvalue weighted by atomic mass is 32.2. The highest BCUT2D eigenvalue weighted by molar-refractivity contribution is 8.14. The van der Waals surface area contributed by atoms with Crippen LogP contribution in [0.1, 0.15) is 26.3 Å². The number of hydrazone groups is 1. The Balaban J connectivity index is 2.12. The number of benzene rings is 2. The molecular formula is C17H17N3O2S. The third-order valence-electron chi connectivity index (χ3n) is 3.76. The van der Waals surface area contributed by atoms with Gasteiger partial charge < -0.3 is 5.32 Å². The second-order valence-electron chi connectivity index (χ2n) is 5.53. The molecule has 2 amide bonds. The molecule has 0 bridgehead atoms. The van der Waals surface area contributed by atoms with Gasteiger partial charge in [0.1, 0.15) is 4.87 Å². The molecule has 1 aliphatic rings. The maximum Gasteiger partial charge on any atom is 0.241 e. The second kappa shape index (κ2) is 5.70. The van der Waals surface area contributed by atoms with Crippen LogP contribution in [0.25, 0.3) is 10.8 Å². The minimum absolute atomic E-state index is 0.173. The zero-order valence-electron chi connectivity index (χ0n) is 13.2. The van der Waals surface area contributed by atoms with Crippen LogP contribution in [0.15, 0.2) is 47.6 Å². The predicted molar refractivity (Wildman–Crippen MR) is 92.7 cm³/mol. The number of hydrogen-bond donors (Lipinski definition) is 1. The first-order valence-electron chi connectivity index (χ1n) is 7.26. The highest BCUT2D eigenvalue weighted by Gasteiger charge is 2.44.